The molecule has 0 bridgehead atoms. The standard InChI is InChI=1S/C12H13F3N6O/c1-2-21-7-9(19-20-21)17-11(22)18-10(12(13,14)15)8-4-3-5-16-6-8/h3-7,10H,2H2,1H3,(H2,17,18,22)/t10-/m0/s1. The number of aromatic nitrogens is 4. The molecule has 0 aliphatic carbocycles. The second-order valence-electron chi connectivity index (χ2n) is 4.32. The number of alkyl halides is 3. The number of halogens is 3. The molecule has 22 heavy (non-hydrogen) atoms. The van der Waals surface area contributed by atoms with Gasteiger partial charge in [0.25, 0.3) is 0 Å². The number of rotatable bonds is 4. The van der Waals surface area contributed by atoms with Crippen molar-refractivity contribution >= 4 is 11.8 Å². The Morgan fingerprint density at radius 2 is 2.23 bits per heavy atom. The molecule has 0 fully saturated rings. The van der Waals surface area contributed by atoms with E-state index in [1.54, 1.807) is 6.92 Å². The summed E-state index contributed by atoms with van der Waals surface area (Å²) >= 11 is 0. The molecule has 1 atom stereocenters. The maximum Gasteiger partial charge on any atom is 0.412 e. The molecule has 2 N–H and O–H groups in total. The number of pyridine rings is 1. The lowest BCUT2D eigenvalue weighted by Gasteiger charge is -2.21. The first-order valence-corrected chi connectivity index (χ1v) is 6.34. The molecule has 2 rings (SSSR count). The minimum atomic E-state index is -4.65. The molecule has 2 heterocycles. The minimum Gasteiger partial charge on any atom is -0.322 e. The van der Waals surface area contributed by atoms with Crippen molar-refractivity contribution in [1.29, 1.82) is 0 Å². The van der Waals surface area contributed by atoms with Crippen molar-refractivity contribution in [2.45, 2.75) is 25.7 Å². The number of hydrogen-bond donors (Lipinski definition) is 2. The van der Waals surface area contributed by atoms with Crippen LogP contribution in [0.15, 0.2) is 30.7 Å². The summed E-state index contributed by atoms with van der Waals surface area (Å²) in [6, 6.07) is -0.601. The van der Waals surface area contributed by atoms with E-state index in [2.05, 4.69) is 20.6 Å². The maximum atomic E-state index is 13.1. The molecule has 2 amide bonds. The van der Waals surface area contributed by atoms with E-state index >= 15 is 0 Å². The molecular formula is C12H13F3N6O. The first-order chi connectivity index (χ1) is 10.4. The van der Waals surface area contributed by atoms with Crippen molar-refractivity contribution in [1.82, 2.24) is 25.3 Å². The normalized spacial score (nSPS) is 12.7. The number of nitrogens with zero attached hydrogens (tertiary/aromatic N) is 4. The summed E-state index contributed by atoms with van der Waals surface area (Å²) in [4.78, 5) is 15.3. The van der Waals surface area contributed by atoms with Gasteiger partial charge in [0.15, 0.2) is 11.9 Å². The second kappa shape index (κ2) is 6.41. The van der Waals surface area contributed by atoms with Gasteiger partial charge >= 0.3 is 12.2 Å². The van der Waals surface area contributed by atoms with Gasteiger partial charge in [0.2, 0.25) is 0 Å². The van der Waals surface area contributed by atoms with Gasteiger partial charge in [-0.25, -0.2) is 4.79 Å². The van der Waals surface area contributed by atoms with E-state index in [0.717, 1.165) is 6.20 Å². The Morgan fingerprint density at radius 3 is 2.77 bits per heavy atom. The van der Waals surface area contributed by atoms with Crippen molar-refractivity contribution in [2.24, 2.45) is 0 Å². The molecule has 2 aromatic rings. The maximum absolute atomic E-state index is 13.1. The van der Waals surface area contributed by atoms with Gasteiger partial charge in [-0.2, -0.15) is 13.2 Å². The summed E-state index contributed by atoms with van der Waals surface area (Å²) < 4.78 is 40.6. The molecule has 118 valence electrons. The van der Waals surface area contributed by atoms with Crippen LogP contribution in [0.5, 0.6) is 0 Å². The zero-order chi connectivity index (χ0) is 16.2. The van der Waals surface area contributed by atoms with Crippen LogP contribution in [0.1, 0.15) is 18.5 Å². The van der Waals surface area contributed by atoms with E-state index in [-0.39, 0.29) is 11.4 Å². The summed E-state index contributed by atoms with van der Waals surface area (Å²) in [5, 5.41) is 11.3. The predicted molar refractivity (Wildman–Crippen MR) is 70.9 cm³/mol. The van der Waals surface area contributed by atoms with Crippen LogP contribution in [0.2, 0.25) is 0 Å². The predicted octanol–water partition coefficient (Wildman–Crippen LogP) is 2.12. The minimum absolute atomic E-state index is 0.0615. The van der Waals surface area contributed by atoms with Crippen molar-refractivity contribution in [3.8, 4) is 0 Å². The third-order valence-corrected chi connectivity index (χ3v) is 2.72. The van der Waals surface area contributed by atoms with Gasteiger partial charge in [-0.05, 0) is 13.0 Å². The fraction of sp³-hybridized carbons (Fsp3) is 0.333. The van der Waals surface area contributed by atoms with Crippen molar-refractivity contribution in [3.05, 3.63) is 36.3 Å². The van der Waals surface area contributed by atoms with Crippen LogP contribution in [0.3, 0.4) is 0 Å². The fourth-order valence-corrected chi connectivity index (χ4v) is 1.69. The van der Waals surface area contributed by atoms with Crippen LogP contribution < -0.4 is 10.6 Å². The van der Waals surface area contributed by atoms with Crippen LogP contribution in [0.4, 0.5) is 23.8 Å². The van der Waals surface area contributed by atoms with E-state index in [0.29, 0.717) is 6.54 Å². The van der Waals surface area contributed by atoms with Gasteiger partial charge in [0, 0.05) is 24.5 Å². The van der Waals surface area contributed by atoms with E-state index in [1.165, 1.54) is 29.2 Å². The second-order valence-corrected chi connectivity index (χ2v) is 4.32. The zero-order valence-electron chi connectivity index (χ0n) is 11.5. The SMILES string of the molecule is CCn1cc(NC(=O)N[C@@H](c2cccnc2)C(F)(F)F)nn1. The van der Waals surface area contributed by atoms with Gasteiger partial charge in [-0.15, -0.1) is 5.10 Å². The number of aryl methyl sites for hydroxylation is 1. The Labute approximate surface area is 123 Å². The Kier molecular flexibility index (Phi) is 4.59. The molecule has 0 unspecified atom stereocenters. The molecule has 0 spiro atoms. The van der Waals surface area contributed by atoms with Gasteiger partial charge in [-0.3, -0.25) is 15.0 Å². The smallest absolute Gasteiger partial charge is 0.322 e. The molecule has 0 aliphatic heterocycles. The largest absolute Gasteiger partial charge is 0.412 e. The first kappa shape index (κ1) is 15.7. The number of carbonyl (C=O) groups is 1. The van der Waals surface area contributed by atoms with Crippen molar-refractivity contribution in [3.63, 3.8) is 0 Å². The third-order valence-electron chi connectivity index (χ3n) is 2.72. The highest BCUT2D eigenvalue weighted by Gasteiger charge is 2.42. The first-order valence-electron chi connectivity index (χ1n) is 6.34. The Bertz CT molecular complexity index is 627. The van der Waals surface area contributed by atoms with Crippen LogP contribution in [0.25, 0.3) is 0 Å². The van der Waals surface area contributed by atoms with Crippen LogP contribution in [-0.4, -0.2) is 32.2 Å². The molecule has 0 saturated carbocycles. The molecule has 2 aromatic heterocycles. The number of carbonyl (C=O) groups excluding carboxylic acids is 1. The number of hydrogen-bond acceptors (Lipinski definition) is 4. The lowest BCUT2D eigenvalue weighted by atomic mass is 10.1. The quantitative estimate of drug-likeness (QED) is 0.905. The lowest BCUT2D eigenvalue weighted by Crippen LogP contribution is -2.40. The summed E-state index contributed by atoms with van der Waals surface area (Å²) in [5.74, 6) is 0.0615. The Balaban J connectivity index is 2.09. The monoisotopic (exact) mass is 314 g/mol. The molecule has 7 nitrogen and oxygen atoms in total. The summed E-state index contributed by atoms with van der Waals surface area (Å²) in [5.41, 5.74) is -0.164. The molecule has 0 aliphatic rings. The van der Waals surface area contributed by atoms with Crippen LogP contribution in [-0.2, 0) is 6.54 Å². The highest BCUT2D eigenvalue weighted by molar-refractivity contribution is 5.88. The lowest BCUT2D eigenvalue weighted by molar-refractivity contribution is -0.154. The third kappa shape index (κ3) is 3.93. The molecule has 0 saturated heterocycles. The average Bonchev–Trinajstić information content (AvgIpc) is 2.92. The van der Waals surface area contributed by atoms with Crippen LogP contribution >= 0.6 is 0 Å². The zero-order valence-corrected chi connectivity index (χ0v) is 11.5. The van der Waals surface area contributed by atoms with E-state index in [4.69, 9.17) is 0 Å². The number of anilines is 1. The van der Waals surface area contributed by atoms with Crippen LogP contribution in [0, 0.1) is 0 Å². The number of amides is 2. The summed E-state index contributed by atoms with van der Waals surface area (Å²) in [6.45, 7) is 2.33. The molecule has 0 aromatic carbocycles. The van der Waals surface area contributed by atoms with Gasteiger partial charge in [-0.1, -0.05) is 11.3 Å². The highest BCUT2D eigenvalue weighted by atomic mass is 19.4. The van der Waals surface area contributed by atoms with E-state index < -0.39 is 18.2 Å². The Morgan fingerprint density at radius 1 is 1.45 bits per heavy atom. The van der Waals surface area contributed by atoms with Gasteiger partial charge in [0.05, 0.1) is 6.20 Å². The fourth-order valence-electron chi connectivity index (χ4n) is 1.69. The van der Waals surface area contributed by atoms with E-state index in [9.17, 15) is 18.0 Å². The molecular weight excluding hydrogens is 301 g/mol. The number of nitrogens with one attached hydrogen (secondary N) is 2. The van der Waals surface area contributed by atoms with E-state index in [1.807, 2.05) is 5.32 Å². The number of urea groups is 1. The molecule has 0 radical (unpaired) electrons. The van der Waals surface area contributed by atoms with Gasteiger partial charge < -0.3 is 5.32 Å². The van der Waals surface area contributed by atoms with Gasteiger partial charge in [0.1, 0.15) is 0 Å². The van der Waals surface area contributed by atoms with Crippen molar-refractivity contribution < 1.29 is 18.0 Å². The summed E-state index contributed by atoms with van der Waals surface area (Å²) in [6.07, 6.45) is -0.848. The topological polar surface area (TPSA) is 84.7 Å². The average molecular weight is 314 g/mol. The summed E-state index contributed by atoms with van der Waals surface area (Å²) in [7, 11) is 0. The Hall–Kier alpha value is -2.65. The molecule has 10 heteroatoms. The van der Waals surface area contributed by atoms with Crippen molar-refractivity contribution in [2.75, 3.05) is 5.32 Å². The highest BCUT2D eigenvalue weighted by Crippen LogP contribution is 2.32.